The quantitative estimate of drug-likeness (QED) is 0.286. The molecule has 1 aromatic carbocycles. The highest BCUT2D eigenvalue weighted by molar-refractivity contribution is 7.91. The number of hydrogen-bond acceptors (Lipinski definition) is 8. The van der Waals surface area contributed by atoms with Crippen LogP contribution in [0.2, 0.25) is 0 Å². The van der Waals surface area contributed by atoms with Crippen molar-refractivity contribution in [1.29, 1.82) is 0 Å². The number of imide groups is 1. The normalized spacial score (nSPS) is 15.7. The number of nitrogens with one attached hydrogen (secondary N) is 4. The summed E-state index contributed by atoms with van der Waals surface area (Å²) in [6.45, 7) is -0.0876. The van der Waals surface area contributed by atoms with Gasteiger partial charge in [0.2, 0.25) is 11.3 Å². The number of benzene rings is 1. The van der Waals surface area contributed by atoms with E-state index in [-0.39, 0.29) is 24.3 Å². The predicted octanol–water partition coefficient (Wildman–Crippen LogP) is -1.45. The fraction of sp³-hybridized carbons (Fsp3) is 0.176. The molecule has 164 valence electrons. The van der Waals surface area contributed by atoms with Crippen LogP contribution in [0.5, 0.6) is 5.75 Å². The molecule has 3 rings (SSSR count). The topological polar surface area (TPSA) is 204 Å². The lowest BCUT2D eigenvalue weighted by atomic mass is 10.1. The van der Waals surface area contributed by atoms with Gasteiger partial charge in [-0.2, -0.15) is 8.42 Å². The van der Waals surface area contributed by atoms with E-state index in [0.29, 0.717) is 10.6 Å². The van der Waals surface area contributed by atoms with Gasteiger partial charge in [0.05, 0.1) is 18.8 Å². The molecule has 0 radical (unpaired) electrons. The SMILES string of the molecule is N[C@H]1CN(C(=O)NS(=O)(=O)Nc2ccc(C(=O)NCc3cc(=O)c(O)c[nH]3)cc2)C1=O. The number of carbonyl (C=O) groups is 3. The minimum absolute atomic E-state index is 0.00631. The van der Waals surface area contributed by atoms with E-state index in [1.807, 2.05) is 0 Å². The van der Waals surface area contributed by atoms with Crippen LogP contribution < -0.4 is 25.9 Å². The molecular formula is C17H18N6O7S. The molecule has 1 aromatic heterocycles. The molecule has 1 aliphatic rings. The molecule has 1 atom stereocenters. The number of aromatic nitrogens is 1. The van der Waals surface area contributed by atoms with Gasteiger partial charge in [-0.3, -0.25) is 24.0 Å². The molecule has 1 aliphatic heterocycles. The summed E-state index contributed by atoms with van der Waals surface area (Å²) in [5, 5.41) is 11.7. The Morgan fingerprint density at radius 1 is 1.23 bits per heavy atom. The Kier molecular flexibility index (Phi) is 5.94. The van der Waals surface area contributed by atoms with Crippen LogP contribution in [0.25, 0.3) is 0 Å². The minimum Gasteiger partial charge on any atom is -0.503 e. The van der Waals surface area contributed by atoms with Gasteiger partial charge in [0.1, 0.15) is 6.04 Å². The van der Waals surface area contributed by atoms with Gasteiger partial charge in [0.25, 0.3) is 5.91 Å². The zero-order valence-electron chi connectivity index (χ0n) is 15.8. The van der Waals surface area contributed by atoms with E-state index in [0.717, 1.165) is 12.3 Å². The van der Waals surface area contributed by atoms with Crippen LogP contribution in [0.4, 0.5) is 10.5 Å². The second-order valence-electron chi connectivity index (χ2n) is 6.54. The summed E-state index contributed by atoms with van der Waals surface area (Å²) in [4.78, 5) is 50.0. The molecule has 4 amide bonds. The highest BCUT2D eigenvalue weighted by Gasteiger charge is 2.39. The molecule has 0 spiro atoms. The summed E-state index contributed by atoms with van der Waals surface area (Å²) < 4.78 is 27.8. The molecule has 7 N–H and O–H groups in total. The number of pyridine rings is 1. The number of aromatic hydroxyl groups is 1. The molecule has 2 heterocycles. The van der Waals surface area contributed by atoms with Crippen LogP contribution in [0, 0.1) is 0 Å². The summed E-state index contributed by atoms with van der Waals surface area (Å²) in [7, 11) is -4.32. The van der Waals surface area contributed by atoms with Crippen molar-refractivity contribution in [2.24, 2.45) is 5.73 Å². The maximum Gasteiger partial charge on any atom is 0.339 e. The van der Waals surface area contributed by atoms with Gasteiger partial charge in [-0.15, -0.1) is 0 Å². The number of β-lactam (4-membered cyclic amide) rings is 1. The van der Waals surface area contributed by atoms with Crippen molar-refractivity contribution in [3.05, 3.63) is 58.0 Å². The third-order valence-corrected chi connectivity index (χ3v) is 5.17. The lowest BCUT2D eigenvalue weighted by Crippen LogP contribution is -2.65. The summed E-state index contributed by atoms with van der Waals surface area (Å²) in [5.41, 5.74) is 5.40. The second kappa shape index (κ2) is 8.45. The van der Waals surface area contributed by atoms with Gasteiger partial charge in [0, 0.05) is 23.5 Å². The number of amides is 4. The highest BCUT2D eigenvalue weighted by atomic mass is 32.2. The van der Waals surface area contributed by atoms with Gasteiger partial charge < -0.3 is 21.1 Å². The van der Waals surface area contributed by atoms with E-state index in [4.69, 9.17) is 5.73 Å². The minimum atomic E-state index is -4.32. The van der Waals surface area contributed by atoms with Gasteiger partial charge in [-0.05, 0) is 24.3 Å². The first-order valence-electron chi connectivity index (χ1n) is 8.76. The number of likely N-dealkylation sites (tertiary alicyclic amines) is 1. The Morgan fingerprint density at radius 2 is 1.90 bits per heavy atom. The zero-order valence-corrected chi connectivity index (χ0v) is 16.6. The number of anilines is 1. The van der Waals surface area contributed by atoms with Crippen molar-refractivity contribution in [3.8, 4) is 5.75 Å². The number of urea groups is 1. The Labute approximate surface area is 175 Å². The van der Waals surface area contributed by atoms with Gasteiger partial charge in [-0.1, -0.05) is 0 Å². The number of aromatic amines is 1. The Balaban J connectivity index is 1.55. The van der Waals surface area contributed by atoms with Crippen molar-refractivity contribution in [1.82, 2.24) is 19.9 Å². The highest BCUT2D eigenvalue weighted by Crippen LogP contribution is 2.12. The molecular weight excluding hydrogens is 432 g/mol. The van der Waals surface area contributed by atoms with E-state index in [1.165, 1.54) is 24.3 Å². The standard InChI is InChI=1S/C17H18N6O7S/c18-12-8-23(16(12)27)17(28)22-31(29,30)21-10-3-1-9(2-4-10)15(26)20-6-11-5-13(24)14(25)7-19-11/h1-5,7,12,21,25H,6,8,18H2,(H,19,24)(H,20,26)(H,22,28)/t12-/m0/s1. The number of H-pyrrole nitrogens is 1. The monoisotopic (exact) mass is 450 g/mol. The third-order valence-electron chi connectivity index (χ3n) is 4.22. The van der Waals surface area contributed by atoms with Crippen molar-refractivity contribution in [2.45, 2.75) is 12.6 Å². The molecule has 2 aromatic rings. The molecule has 0 saturated carbocycles. The number of nitrogens with zero attached hydrogens (tertiary/aromatic N) is 1. The fourth-order valence-electron chi connectivity index (χ4n) is 2.56. The fourth-order valence-corrected chi connectivity index (χ4v) is 3.40. The van der Waals surface area contributed by atoms with Crippen LogP contribution in [0.15, 0.2) is 41.3 Å². The van der Waals surface area contributed by atoms with Crippen molar-refractivity contribution < 1.29 is 27.9 Å². The molecule has 1 fully saturated rings. The second-order valence-corrected chi connectivity index (χ2v) is 7.95. The Bertz CT molecular complexity index is 1190. The van der Waals surface area contributed by atoms with Crippen LogP contribution in [0.1, 0.15) is 16.1 Å². The third kappa shape index (κ3) is 5.18. The first kappa shape index (κ1) is 21.8. The van der Waals surface area contributed by atoms with Gasteiger partial charge >= 0.3 is 16.2 Å². The van der Waals surface area contributed by atoms with Crippen LogP contribution in [0.3, 0.4) is 0 Å². The molecule has 1 saturated heterocycles. The largest absolute Gasteiger partial charge is 0.503 e. The van der Waals surface area contributed by atoms with E-state index in [1.54, 1.807) is 4.72 Å². The lowest BCUT2D eigenvalue weighted by molar-refractivity contribution is -0.137. The summed E-state index contributed by atoms with van der Waals surface area (Å²) >= 11 is 0. The van der Waals surface area contributed by atoms with E-state index < -0.39 is 45.3 Å². The number of nitrogens with two attached hydrogens (primary N) is 1. The predicted molar refractivity (Wildman–Crippen MR) is 107 cm³/mol. The van der Waals surface area contributed by atoms with Crippen molar-refractivity contribution in [2.75, 3.05) is 11.3 Å². The average molecular weight is 450 g/mol. The Hall–Kier alpha value is -3.91. The molecule has 0 unspecified atom stereocenters. The first-order valence-corrected chi connectivity index (χ1v) is 10.2. The van der Waals surface area contributed by atoms with E-state index >= 15 is 0 Å². The van der Waals surface area contributed by atoms with E-state index in [2.05, 4.69) is 15.0 Å². The van der Waals surface area contributed by atoms with Gasteiger partial charge in [-0.25, -0.2) is 9.52 Å². The van der Waals surface area contributed by atoms with Crippen LogP contribution in [-0.2, 0) is 21.5 Å². The number of carbonyl (C=O) groups excluding carboxylic acids is 3. The van der Waals surface area contributed by atoms with Crippen LogP contribution >= 0.6 is 0 Å². The van der Waals surface area contributed by atoms with Crippen LogP contribution in [-0.4, -0.2) is 53.8 Å². The first-order chi connectivity index (χ1) is 14.6. The maximum absolute atomic E-state index is 12.2. The van der Waals surface area contributed by atoms with E-state index in [9.17, 15) is 32.7 Å². The molecule has 31 heavy (non-hydrogen) atoms. The van der Waals surface area contributed by atoms with Gasteiger partial charge in [0.15, 0.2) is 5.75 Å². The number of rotatable bonds is 6. The smallest absolute Gasteiger partial charge is 0.339 e. The summed E-state index contributed by atoms with van der Waals surface area (Å²) in [6.07, 6.45) is 1.11. The lowest BCUT2D eigenvalue weighted by Gasteiger charge is -2.33. The molecule has 13 nitrogen and oxygen atoms in total. The molecule has 14 heteroatoms. The Morgan fingerprint density at radius 3 is 2.48 bits per heavy atom. The summed E-state index contributed by atoms with van der Waals surface area (Å²) in [6, 6.07) is 4.47. The van der Waals surface area contributed by atoms with Crippen molar-refractivity contribution in [3.63, 3.8) is 0 Å². The van der Waals surface area contributed by atoms with Crippen molar-refractivity contribution >= 4 is 33.7 Å². The molecule has 0 bridgehead atoms. The summed E-state index contributed by atoms with van der Waals surface area (Å²) in [5.74, 6) is -1.62. The molecule has 0 aliphatic carbocycles. The number of hydrogen-bond donors (Lipinski definition) is 6. The maximum atomic E-state index is 12.2. The zero-order chi connectivity index (χ0) is 22.8. The average Bonchev–Trinajstić information content (AvgIpc) is 2.72.